The first-order valence-corrected chi connectivity index (χ1v) is 4.38. The van der Waals surface area contributed by atoms with Gasteiger partial charge >= 0.3 is 6.03 Å². The van der Waals surface area contributed by atoms with Crippen LogP contribution in [0.1, 0.15) is 5.56 Å². The van der Waals surface area contributed by atoms with Crippen LogP contribution in [0.4, 0.5) is 10.6 Å². The van der Waals surface area contributed by atoms with Crippen LogP contribution in [0.5, 0.6) is 0 Å². The number of nitrogens with zero attached hydrogens (tertiary/aromatic N) is 2. The van der Waals surface area contributed by atoms with Crippen LogP contribution in [0, 0.1) is 6.92 Å². The first-order valence-electron chi connectivity index (χ1n) is 4.38. The number of nitrogens with one attached hydrogen (secondary N) is 2. The van der Waals surface area contributed by atoms with E-state index in [4.69, 9.17) is 5.73 Å². The minimum atomic E-state index is -0.412. The van der Waals surface area contributed by atoms with E-state index in [1.165, 1.54) is 7.05 Å². The number of aromatic nitrogens is 1. The molecule has 0 aliphatic rings. The largest absolute Gasteiger partial charge is 0.369 e. The lowest BCUT2D eigenvalue weighted by Crippen LogP contribution is -2.41. The van der Waals surface area contributed by atoms with Gasteiger partial charge in [0.05, 0.1) is 0 Å². The second-order valence-corrected chi connectivity index (χ2v) is 2.85. The van der Waals surface area contributed by atoms with Gasteiger partial charge < -0.3 is 11.1 Å². The molecular formula is C9H13N5O. The number of hydrogen-bond acceptors (Lipinski definition) is 3. The van der Waals surface area contributed by atoms with Gasteiger partial charge in [-0.05, 0) is 18.6 Å². The fraction of sp³-hybridized carbons (Fsp3) is 0.222. The molecule has 0 bridgehead atoms. The summed E-state index contributed by atoms with van der Waals surface area (Å²) in [5, 5.41) is 4.71. The van der Waals surface area contributed by atoms with E-state index in [-0.39, 0.29) is 5.96 Å². The number of rotatable bonds is 1. The van der Waals surface area contributed by atoms with E-state index in [1.54, 1.807) is 12.3 Å². The molecule has 0 fully saturated rings. The quantitative estimate of drug-likeness (QED) is 0.455. The van der Waals surface area contributed by atoms with Gasteiger partial charge in [-0.2, -0.15) is 4.99 Å². The van der Waals surface area contributed by atoms with Crippen molar-refractivity contribution < 1.29 is 4.79 Å². The van der Waals surface area contributed by atoms with Gasteiger partial charge in [0, 0.05) is 13.2 Å². The highest BCUT2D eigenvalue weighted by molar-refractivity contribution is 5.96. The normalized spacial score (nSPS) is 10.9. The fourth-order valence-electron chi connectivity index (χ4n) is 0.915. The average Bonchev–Trinajstić information content (AvgIpc) is 2.21. The maximum Gasteiger partial charge on any atom is 0.321 e. The monoisotopic (exact) mass is 207 g/mol. The second kappa shape index (κ2) is 4.94. The van der Waals surface area contributed by atoms with E-state index in [0.29, 0.717) is 5.82 Å². The standard InChI is InChI=1S/C9H13N5O/c1-6-4-3-5-12-7(6)13-8(10)14-9(15)11-2/h3-5H,1-2H3,(H4,10,11,12,13,14,15). The van der Waals surface area contributed by atoms with Crippen LogP contribution in [-0.4, -0.2) is 24.0 Å². The number of amides is 2. The molecule has 2 amide bonds. The molecule has 0 saturated carbocycles. The first-order chi connectivity index (χ1) is 7.13. The summed E-state index contributed by atoms with van der Waals surface area (Å²) in [6.07, 6.45) is 1.61. The summed E-state index contributed by atoms with van der Waals surface area (Å²) in [4.78, 5) is 18.9. The lowest BCUT2D eigenvalue weighted by molar-refractivity contribution is 0.247. The smallest absolute Gasteiger partial charge is 0.321 e. The van der Waals surface area contributed by atoms with Crippen molar-refractivity contribution >= 4 is 17.8 Å². The van der Waals surface area contributed by atoms with Crippen LogP contribution >= 0.6 is 0 Å². The van der Waals surface area contributed by atoms with Gasteiger partial charge in [0.15, 0.2) is 5.82 Å². The SMILES string of the molecule is CNC(=O)N/C(N)=N/c1ncccc1C. The third kappa shape index (κ3) is 3.26. The Hall–Kier alpha value is -2.11. The van der Waals surface area contributed by atoms with Crippen molar-refractivity contribution in [3.05, 3.63) is 23.9 Å². The predicted octanol–water partition coefficient (Wildman–Crippen LogP) is 0.265. The summed E-state index contributed by atoms with van der Waals surface area (Å²) in [6.45, 7) is 1.86. The van der Waals surface area contributed by atoms with Crippen LogP contribution in [0.2, 0.25) is 0 Å². The minimum Gasteiger partial charge on any atom is -0.369 e. The Kier molecular flexibility index (Phi) is 3.61. The van der Waals surface area contributed by atoms with Gasteiger partial charge in [0.1, 0.15) is 0 Å². The highest BCUT2D eigenvalue weighted by atomic mass is 16.2. The van der Waals surface area contributed by atoms with Crippen LogP contribution in [0.3, 0.4) is 0 Å². The molecule has 0 aliphatic heterocycles. The second-order valence-electron chi connectivity index (χ2n) is 2.85. The van der Waals surface area contributed by atoms with Gasteiger partial charge in [-0.3, -0.25) is 5.32 Å². The van der Waals surface area contributed by atoms with E-state index < -0.39 is 6.03 Å². The Balaban J connectivity index is 2.79. The van der Waals surface area contributed by atoms with E-state index in [2.05, 4.69) is 20.6 Å². The van der Waals surface area contributed by atoms with E-state index in [9.17, 15) is 4.79 Å². The lowest BCUT2D eigenvalue weighted by Gasteiger charge is -2.03. The van der Waals surface area contributed by atoms with Crippen LogP contribution in [0.25, 0.3) is 0 Å². The lowest BCUT2D eigenvalue weighted by atomic mass is 10.3. The topological polar surface area (TPSA) is 92.4 Å². The zero-order chi connectivity index (χ0) is 11.3. The van der Waals surface area contributed by atoms with Crippen molar-refractivity contribution in [1.29, 1.82) is 0 Å². The Bertz CT molecular complexity index is 388. The molecule has 6 nitrogen and oxygen atoms in total. The van der Waals surface area contributed by atoms with Gasteiger partial charge in [0.25, 0.3) is 0 Å². The van der Waals surface area contributed by atoms with Crippen molar-refractivity contribution in [3.63, 3.8) is 0 Å². The number of aryl methyl sites for hydroxylation is 1. The molecular weight excluding hydrogens is 194 g/mol. The number of urea groups is 1. The van der Waals surface area contributed by atoms with Crippen molar-refractivity contribution in [2.24, 2.45) is 10.7 Å². The molecule has 0 atom stereocenters. The molecule has 0 radical (unpaired) electrons. The summed E-state index contributed by atoms with van der Waals surface area (Å²) in [6, 6.07) is 3.25. The molecule has 0 aromatic carbocycles. The summed E-state index contributed by atoms with van der Waals surface area (Å²) in [5.74, 6) is 0.502. The number of aliphatic imine (C=N–C) groups is 1. The Morgan fingerprint density at radius 1 is 1.60 bits per heavy atom. The predicted molar refractivity (Wildman–Crippen MR) is 57.8 cm³/mol. The number of carbonyl (C=O) groups excluding carboxylic acids is 1. The molecule has 0 unspecified atom stereocenters. The average molecular weight is 207 g/mol. The summed E-state index contributed by atoms with van der Waals surface area (Å²) >= 11 is 0. The molecule has 1 rings (SSSR count). The van der Waals surface area contributed by atoms with Crippen molar-refractivity contribution in [1.82, 2.24) is 15.6 Å². The molecule has 0 saturated heterocycles. The van der Waals surface area contributed by atoms with Crippen LogP contribution < -0.4 is 16.4 Å². The molecule has 0 spiro atoms. The Morgan fingerprint density at radius 3 is 2.93 bits per heavy atom. The fourth-order valence-corrected chi connectivity index (χ4v) is 0.915. The zero-order valence-electron chi connectivity index (χ0n) is 8.61. The number of hydrogen-bond donors (Lipinski definition) is 3. The summed E-state index contributed by atoms with van der Waals surface area (Å²) < 4.78 is 0. The number of carbonyl (C=O) groups is 1. The third-order valence-corrected chi connectivity index (χ3v) is 1.68. The number of nitrogens with two attached hydrogens (primary N) is 1. The molecule has 6 heteroatoms. The van der Waals surface area contributed by atoms with Gasteiger partial charge in [-0.25, -0.2) is 9.78 Å². The molecule has 80 valence electrons. The molecule has 1 heterocycles. The van der Waals surface area contributed by atoms with Crippen molar-refractivity contribution in [3.8, 4) is 0 Å². The van der Waals surface area contributed by atoms with Gasteiger partial charge in [0.2, 0.25) is 5.96 Å². The number of guanidine groups is 1. The highest BCUT2D eigenvalue weighted by Crippen LogP contribution is 2.12. The van der Waals surface area contributed by atoms with Crippen LogP contribution in [-0.2, 0) is 0 Å². The molecule has 1 aromatic heterocycles. The number of pyridine rings is 1. The van der Waals surface area contributed by atoms with E-state index in [1.807, 2.05) is 13.0 Å². The van der Waals surface area contributed by atoms with E-state index in [0.717, 1.165) is 5.56 Å². The minimum absolute atomic E-state index is 0.0103. The highest BCUT2D eigenvalue weighted by Gasteiger charge is 2.01. The molecule has 4 N–H and O–H groups in total. The molecule has 1 aromatic rings. The van der Waals surface area contributed by atoms with Crippen molar-refractivity contribution in [2.45, 2.75) is 6.92 Å². The molecule has 15 heavy (non-hydrogen) atoms. The van der Waals surface area contributed by atoms with Crippen LogP contribution in [0.15, 0.2) is 23.3 Å². The van der Waals surface area contributed by atoms with Gasteiger partial charge in [-0.1, -0.05) is 6.07 Å². The maximum absolute atomic E-state index is 10.9. The Morgan fingerprint density at radius 2 is 2.33 bits per heavy atom. The third-order valence-electron chi connectivity index (χ3n) is 1.68. The Labute approximate surface area is 87.6 Å². The zero-order valence-corrected chi connectivity index (χ0v) is 8.61. The maximum atomic E-state index is 10.9. The van der Waals surface area contributed by atoms with E-state index >= 15 is 0 Å². The summed E-state index contributed by atoms with van der Waals surface area (Å²) in [5.41, 5.74) is 6.38. The van der Waals surface area contributed by atoms with Gasteiger partial charge in [-0.15, -0.1) is 0 Å². The summed E-state index contributed by atoms with van der Waals surface area (Å²) in [7, 11) is 1.49. The van der Waals surface area contributed by atoms with Crippen molar-refractivity contribution in [2.75, 3.05) is 7.05 Å². The first kappa shape index (κ1) is 11.0. The molecule has 0 aliphatic carbocycles.